The van der Waals surface area contributed by atoms with E-state index in [0.29, 0.717) is 13.1 Å². The smallest absolute Gasteiger partial charge is 0.227 e. The molecule has 1 fully saturated rings. The maximum Gasteiger partial charge on any atom is 0.227 e. The second kappa shape index (κ2) is 7.26. The number of rotatable bonds is 5. The first-order valence-electron chi connectivity index (χ1n) is 6.95. The second-order valence-electron chi connectivity index (χ2n) is 5.01. The molecule has 4 heteroatoms. The predicted octanol–water partition coefficient (Wildman–Crippen LogP) is 1.01. The van der Waals surface area contributed by atoms with Gasteiger partial charge in [-0.05, 0) is 24.9 Å². The van der Waals surface area contributed by atoms with Crippen LogP contribution in [-0.4, -0.2) is 42.2 Å². The van der Waals surface area contributed by atoms with Crippen LogP contribution >= 0.6 is 0 Å². The van der Waals surface area contributed by atoms with E-state index >= 15 is 0 Å². The highest BCUT2D eigenvalue weighted by Crippen LogP contribution is 2.15. The molecule has 19 heavy (non-hydrogen) atoms. The molecule has 1 atom stereocenters. The van der Waals surface area contributed by atoms with Crippen molar-refractivity contribution in [3.63, 3.8) is 0 Å². The van der Waals surface area contributed by atoms with Crippen molar-refractivity contribution in [2.75, 3.05) is 26.2 Å². The Balaban J connectivity index is 2.00. The number of amides is 1. The van der Waals surface area contributed by atoms with Gasteiger partial charge in [0, 0.05) is 19.6 Å². The summed E-state index contributed by atoms with van der Waals surface area (Å²) >= 11 is 0. The second-order valence-corrected chi connectivity index (χ2v) is 5.01. The largest absolute Gasteiger partial charge is 0.395 e. The van der Waals surface area contributed by atoms with Crippen molar-refractivity contribution in [2.24, 2.45) is 5.92 Å². The molecule has 4 nitrogen and oxygen atoms in total. The summed E-state index contributed by atoms with van der Waals surface area (Å²) in [5.74, 6) is 0.217. The van der Waals surface area contributed by atoms with Crippen LogP contribution in [0.1, 0.15) is 18.4 Å². The van der Waals surface area contributed by atoms with Gasteiger partial charge in [-0.1, -0.05) is 30.3 Å². The summed E-state index contributed by atoms with van der Waals surface area (Å²) in [6, 6.07) is 9.93. The lowest BCUT2D eigenvalue weighted by atomic mass is 9.98. The van der Waals surface area contributed by atoms with Crippen molar-refractivity contribution in [3.8, 4) is 0 Å². The van der Waals surface area contributed by atoms with Crippen molar-refractivity contribution in [1.29, 1.82) is 0 Å². The van der Waals surface area contributed by atoms with Crippen molar-refractivity contribution in [1.82, 2.24) is 10.2 Å². The molecule has 1 aliphatic heterocycles. The molecule has 0 bridgehead atoms. The summed E-state index contributed by atoms with van der Waals surface area (Å²) in [6.45, 7) is 2.76. The molecule has 1 aromatic carbocycles. The van der Waals surface area contributed by atoms with Crippen molar-refractivity contribution >= 4 is 5.91 Å². The Hall–Kier alpha value is -1.39. The molecular weight excluding hydrogens is 240 g/mol. The Morgan fingerprint density at radius 1 is 1.37 bits per heavy atom. The highest BCUT2D eigenvalue weighted by molar-refractivity contribution is 5.79. The summed E-state index contributed by atoms with van der Waals surface area (Å²) in [5, 5.41) is 12.4. The number of benzene rings is 1. The number of carbonyl (C=O) groups excluding carboxylic acids is 1. The van der Waals surface area contributed by atoms with E-state index in [0.717, 1.165) is 31.5 Å². The molecule has 1 saturated heterocycles. The lowest BCUT2D eigenvalue weighted by molar-refractivity contribution is -0.137. The molecule has 2 N–H and O–H groups in total. The van der Waals surface area contributed by atoms with Gasteiger partial charge in [-0.15, -0.1) is 0 Å². The number of piperidine rings is 1. The minimum atomic E-state index is 0.0126. The molecule has 1 amide bonds. The minimum Gasteiger partial charge on any atom is -0.395 e. The van der Waals surface area contributed by atoms with E-state index in [1.807, 2.05) is 30.3 Å². The van der Waals surface area contributed by atoms with E-state index in [2.05, 4.69) is 5.32 Å². The quantitative estimate of drug-likeness (QED) is 0.832. The third-order valence-electron chi connectivity index (χ3n) is 3.54. The zero-order valence-corrected chi connectivity index (χ0v) is 11.2. The van der Waals surface area contributed by atoms with Gasteiger partial charge in [0.25, 0.3) is 0 Å². The first-order chi connectivity index (χ1) is 9.31. The average molecular weight is 262 g/mol. The van der Waals surface area contributed by atoms with Gasteiger partial charge in [0.1, 0.15) is 0 Å². The Kier molecular flexibility index (Phi) is 5.36. The van der Waals surface area contributed by atoms with Crippen LogP contribution in [0.5, 0.6) is 0 Å². The Bertz CT molecular complexity index is 388. The van der Waals surface area contributed by atoms with Crippen molar-refractivity contribution in [3.05, 3.63) is 35.9 Å². The molecule has 1 unspecified atom stereocenters. The van der Waals surface area contributed by atoms with Crippen LogP contribution < -0.4 is 5.32 Å². The van der Waals surface area contributed by atoms with E-state index in [1.54, 1.807) is 4.90 Å². The lowest BCUT2D eigenvalue weighted by Crippen LogP contribution is -2.43. The fourth-order valence-electron chi connectivity index (χ4n) is 2.51. The molecule has 0 radical (unpaired) electrons. The number of hydrogen-bond donors (Lipinski definition) is 2. The van der Waals surface area contributed by atoms with Gasteiger partial charge in [0.2, 0.25) is 5.91 Å². The normalized spacial score (nSPS) is 19.1. The van der Waals surface area contributed by atoms with E-state index in [1.165, 1.54) is 0 Å². The fraction of sp³-hybridized carbons (Fsp3) is 0.533. The van der Waals surface area contributed by atoms with Crippen LogP contribution in [0.4, 0.5) is 0 Å². The molecular formula is C15H22N2O2. The fourth-order valence-corrected chi connectivity index (χ4v) is 2.51. The van der Waals surface area contributed by atoms with Gasteiger partial charge in [-0.2, -0.15) is 0 Å². The molecule has 2 rings (SSSR count). The monoisotopic (exact) mass is 262 g/mol. The molecule has 1 aromatic rings. The lowest BCUT2D eigenvalue weighted by Gasteiger charge is -2.29. The molecule has 104 valence electrons. The van der Waals surface area contributed by atoms with Crippen LogP contribution in [0.25, 0.3) is 0 Å². The molecule has 0 aromatic heterocycles. The van der Waals surface area contributed by atoms with E-state index < -0.39 is 0 Å². The van der Waals surface area contributed by atoms with Crippen LogP contribution in [0.15, 0.2) is 30.3 Å². The van der Waals surface area contributed by atoms with Crippen LogP contribution in [0.2, 0.25) is 0 Å². The topological polar surface area (TPSA) is 52.6 Å². The van der Waals surface area contributed by atoms with Gasteiger partial charge in [-0.3, -0.25) is 4.79 Å². The van der Waals surface area contributed by atoms with Crippen LogP contribution in [0, 0.1) is 5.92 Å². The predicted molar refractivity (Wildman–Crippen MR) is 74.5 cm³/mol. The molecule has 0 aliphatic carbocycles. The zero-order chi connectivity index (χ0) is 13.5. The summed E-state index contributed by atoms with van der Waals surface area (Å²) in [4.78, 5) is 14.2. The van der Waals surface area contributed by atoms with Crippen LogP contribution in [0.3, 0.4) is 0 Å². The molecule has 0 saturated carbocycles. The number of hydrogen-bond acceptors (Lipinski definition) is 3. The van der Waals surface area contributed by atoms with Gasteiger partial charge < -0.3 is 15.3 Å². The molecule has 0 spiro atoms. The van der Waals surface area contributed by atoms with Gasteiger partial charge >= 0.3 is 0 Å². The Morgan fingerprint density at radius 2 is 2.16 bits per heavy atom. The minimum absolute atomic E-state index is 0.0126. The first-order valence-corrected chi connectivity index (χ1v) is 6.95. The van der Waals surface area contributed by atoms with Crippen molar-refractivity contribution in [2.45, 2.75) is 19.4 Å². The van der Waals surface area contributed by atoms with Crippen LogP contribution in [-0.2, 0) is 11.3 Å². The number of carbonyl (C=O) groups is 1. The van der Waals surface area contributed by atoms with E-state index in [-0.39, 0.29) is 18.4 Å². The zero-order valence-electron chi connectivity index (χ0n) is 11.2. The highest BCUT2D eigenvalue weighted by Gasteiger charge is 2.25. The highest BCUT2D eigenvalue weighted by atomic mass is 16.3. The van der Waals surface area contributed by atoms with Crippen molar-refractivity contribution < 1.29 is 9.90 Å². The first kappa shape index (κ1) is 14.0. The van der Waals surface area contributed by atoms with E-state index in [4.69, 9.17) is 5.11 Å². The standard InChI is InChI=1S/C15H22N2O2/c18-10-9-17(12-13-5-2-1-3-6-13)15(19)14-7-4-8-16-11-14/h1-3,5-6,14,16,18H,4,7-12H2. The number of nitrogens with zero attached hydrogens (tertiary/aromatic N) is 1. The van der Waals surface area contributed by atoms with Gasteiger partial charge in [-0.25, -0.2) is 0 Å². The number of aliphatic hydroxyl groups excluding tert-OH is 1. The van der Waals surface area contributed by atoms with Gasteiger partial charge in [0.05, 0.1) is 12.5 Å². The average Bonchev–Trinajstić information content (AvgIpc) is 2.48. The Labute approximate surface area is 114 Å². The number of aliphatic hydroxyl groups is 1. The maximum absolute atomic E-state index is 12.5. The van der Waals surface area contributed by atoms with Gasteiger partial charge in [0.15, 0.2) is 0 Å². The Morgan fingerprint density at radius 3 is 2.79 bits per heavy atom. The van der Waals surface area contributed by atoms with E-state index in [9.17, 15) is 4.79 Å². The third kappa shape index (κ3) is 4.04. The number of nitrogens with one attached hydrogen (secondary N) is 1. The summed E-state index contributed by atoms with van der Waals surface area (Å²) in [5.41, 5.74) is 1.10. The SMILES string of the molecule is O=C(C1CCCNC1)N(CCO)Cc1ccccc1. The third-order valence-corrected chi connectivity index (χ3v) is 3.54. The molecule has 1 heterocycles. The summed E-state index contributed by atoms with van der Waals surface area (Å²) in [7, 11) is 0. The maximum atomic E-state index is 12.5. The molecule has 1 aliphatic rings. The summed E-state index contributed by atoms with van der Waals surface area (Å²) in [6.07, 6.45) is 2.00. The summed E-state index contributed by atoms with van der Waals surface area (Å²) < 4.78 is 0.